The molecule has 0 atom stereocenters. The smallest absolute Gasteiger partial charge is 0.146 e. The van der Waals surface area contributed by atoms with Gasteiger partial charge in [0.2, 0.25) is 0 Å². The van der Waals surface area contributed by atoms with Crippen molar-refractivity contribution in [2.24, 2.45) is 0 Å². The van der Waals surface area contributed by atoms with Crippen LogP contribution < -0.4 is 0 Å². The Kier molecular flexibility index (Phi) is 7.12. The highest BCUT2D eigenvalue weighted by Crippen LogP contribution is 2.32. The van der Waals surface area contributed by atoms with Crippen molar-refractivity contribution in [2.75, 3.05) is 0 Å². The molecule has 0 bridgehead atoms. The van der Waals surface area contributed by atoms with E-state index in [-0.39, 0.29) is 0 Å². The zero-order chi connectivity index (χ0) is 24.2. The summed E-state index contributed by atoms with van der Waals surface area (Å²) in [5.41, 5.74) is 0.941. The van der Waals surface area contributed by atoms with Crippen molar-refractivity contribution in [1.29, 1.82) is 0 Å². The van der Waals surface area contributed by atoms with E-state index in [4.69, 9.17) is 4.42 Å². The third kappa shape index (κ3) is 5.86. The van der Waals surface area contributed by atoms with Crippen LogP contribution in [0.5, 0.6) is 0 Å². The SMILES string of the molecule is C(=C\c1ccc(/C=C/c2cccs2)s1)/c1cc2sc(/C=C/c3ccc(/C=C/c4cccs4)s3)cc2o1. The molecule has 6 rings (SSSR count). The zero-order valence-electron chi connectivity index (χ0n) is 19.0. The maximum Gasteiger partial charge on any atom is 0.146 e. The normalized spacial score (nSPS) is 12.6. The third-order valence-corrected chi connectivity index (χ3v) is 10.0. The summed E-state index contributed by atoms with van der Waals surface area (Å²) in [6, 6.07) is 21.3. The summed E-state index contributed by atoms with van der Waals surface area (Å²) in [5, 5.41) is 4.20. The summed E-state index contributed by atoms with van der Waals surface area (Å²) < 4.78 is 7.25. The Hall–Kier alpha value is -3.00. The van der Waals surface area contributed by atoms with Crippen LogP contribution in [0, 0.1) is 0 Å². The van der Waals surface area contributed by atoms with Gasteiger partial charge in [-0.3, -0.25) is 0 Å². The second kappa shape index (κ2) is 10.9. The highest BCUT2D eigenvalue weighted by Gasteiger charge is 2.06. The van der Waals surface area contributed by atoms with E-state index in [9.17, 15) is 0 Å². The predicted octanol–water partition coefficient (Wildman–Crippen LogP) is 11.4. The lowest BCUT2D eigenvalue weighted by Crippen LogP contribution is -1.62. The Morgan fingerprint density at radius 1 is 0.472 bits per heavy atom. The fraction of sp³-hybridized carbons (Fsp3) is 0. The maximum atomic E-state index is 6.07. The first-order valence-corrected chi connectivity index (χ1v) is 15.5. The lowest BCUT2D eigenvalue weighted by atomic mass is 10.3. The van der Waals surface area contributed by atoms with Crippen molar-refractivity contribution in [2.45, 2.75) is 0 Å². The largest absolute Gasteiger partial charge is 0.456 e. The van der Waals surface area contributed by atoms with Gasteiger partial charge in [-0.15, -0.1) is 56.7 Å². The van der Waals surface area contributed by atoms with Crippen molar-refractivity contribution in [3.8, 4) is 0 Å². The van der Waals surface area contributed by atoms with Gasteiger partial charge < -0.3 is 4.42 Å². The molecular formula is C30H20OS5. The molecule has 0 amide bonds. The van der Waals surface area contributed by atoms with Crippen LogP contribution in [-0.2, 0) is 0 Å². The Morgan fingerprint density at radius 2 is 0.972 bits per heavy atom. The van der Waals surface area contributed by atoms with Crippen molar-refractivity contribution < 1.29 is 4.42 Å². The maximum absolute atomic E-state index is 6.07. The average molecular weight is 557 g/mol. The molecule has 6 aromatic heterocycles. The van der Waals surface area contributed by atoms with Crippen molar-refractivity contribution in [3.63, 3.8) is 0 Å². The van der Waals surface area contributed by atoms with Crippen molar-refractivity contribution in [1.82, 2.24) is 0 Å². The molecular weight excluding hydrogens is 537 g/mol. The number of furan rings is 1. The summed E-state index contributed by atoms with van der Waals surface area (Å²) in [6.45, 7) is 0. The number of hydrogen-bond acceptors (Lipinski definition) is 6. The van der Waals surface area contributed by atoms with Gasteiger partial charge in [-0.1, -0.05) is 12.1 Å². The first-order valence-electron chi connectivity index (χ1n) is 11.3. The van der Waals surface area contributed by atoms with E-state index < -0.39 is 0 Å². The molecule has 0 unspecified atom stereocenters. The standard InChI is InChI=1S/C30H20OS5/c1-3-22(32-17-1)7-9-25-12-11-24(34-25)6-5-21-19-30-29(31-21)20-28(36-30)16-15-27-14-13-26(35-27)10-8-23-4-2-18-33-23/h1-20H/b6-5+,9-7+,10-8+,16-15+. The van der Waals surface area contributed by atoms with E-state index in [1.54, 1.807) is 56.7 Å². The molecule has 0 aliphatic rings. The molecule has 36 heavy (non-hydrogen) atoms. The van der Waals surface area contributed by atoms with Gasteiger partial charge in [0, 0.05) is 40.2 Å². The fourth-order valence-corrected chi connectivity index (χ4v) is 7.36. The second-order valence-corrected chi connectivity index (χ2v) is 13.2. The molecule has 0 radical (unpaired) electrons. The van der Waals surface area contributed by atoms with E-state index in [1.165, 1.54) is 38.8 Å². The van der Waals surface area contributed by atoms with Gasteiger partial charge in [-0.2, -0.15) is 0 Å². The topological polar surface area (TPSA) is 13.1 Å². The lowest BCUT2D eigenvalue weighted by molar-refractivity contribution is 0.605. The van der Waals surface area contributed by atoms with Gasteiger partial charge in [0.25, 0.3) is 0 Å². The predicted molar refractivity (Wildman–Crippen MR) is 167 cm³/mol. The van der Waals surface area contributed by atoms with Gasteiger partial charge in [0.1, 0.15) is 11.3 Å². The highest BCUT2D eigenvalue weighted by molar-refractivity contribution is 7.20. The van der Waals surface area contributed by atoms with Crippen LogP contribution in [0.1, 0.15) is 39.9 Å². The minimum Gasteiger partial charge on any atom is -0.456 e. The minimum absolute atomic E-state index is 0.885. The van der Waals surface area contributed by atoms with Crippen molar-refractivity contribution in [3.05, 3.63) is 111 Å². The van der Waals surface area contributed by atoms with E-state index >= 15 is 0 Å². The summed E-state index contributed by atoms with van der Waals surface area (Å²) >= 11 is 8.83. The number of hydrogen-bond donors (Lipinski definition) is 0. The molecule has 6 heterocycles. The summed E-state index contributed by atoms with van der Waals surface area (Å²) in [6.07, 6.45) is 17.2. The molecule has 0 aliphatic heterocycles. The lowest BCUT2D eigenvalue weighted by Gasteiger charge is -1.87. The van der Waals surface area contributed by atoms with E-state index in [2.05, 4.69) is 120 Å². The molecule has 6 heteroatoms. The van der Waals surface area contributed by atoms with Gasteiger partial charge in [-0.05, 0) is 102 Å². The molecule has 6 aromatic rings. The highest BCUT2D eigenvalue weighted by atomic mass is 32.1. The molecule has 0 saturated carbocycles. The van der Waals surface area contributed by atoms with Crippen LogP contribution in [0.4, 0.5) is 0 Å². The Labute approximate surface area is 229 Å². The molecule has 0 N–H and O–H groups in total. The number of thiophene rings is 5. The van der Waals surface area contributed by atoms with Crippen LogP contribution in [0.25, 0.3) is 58.9 Å². The van der Waals surface area contributed by atoms with Crippen molar-refractivity contribution >= 4 is 116 Å². The molecule has 1 nitrogen and oxygen atoms in total. The summed E-state index contributed by atoms with van der Waals surface area (Å²) in [4.78, 5) is 8.71. The van der Waals surface area contributed by atoms with Gasteiger partial charge in [0.15, 0.2) is 0 Å². The van der Waals surface area contributed by atoms with E-state index in [0.717, 1.165) is 11.3 Å². The Bertz CT molecular complexity index is 1520. The Morgan fingerprint density at radius 3 is 1.47 bits per heavy atom. The number of rotatable bonds is 8. The fourth-order valence-electron chi connectivity index (χ4n) is 3.56. The molecule has 0 fully saturated rings. The van der Waals surface area contributed by atoms with Gasteiger partial charge in [0.05, 0.1) is 4.70 Å². The van der Waals surface area contributed by atoms with Crippen LogP contribution in [0.2, 0.25) is 0 Å². The first-order chi connectivity index (χ1) is 17.8. The van der Waals surface area contributed by atoms with Crippen LogP contribution in [0.15, 0.2) is 75.8 Å². The monoisotopic (exact) mass is 556 g/mol. The van der Waals surface area contributed by atoms with Gasteiger partial charge >= 0.3 is 0 Å². The first kappa shape index (κ1) is 23.4. The number of fused-ring (bicyclic) bond motifs is 1. The summed E-state index contributed by atoms with van der Waals surface area (Å²) in [5.74, 6) is 0.885. The van der Waals surface area contributed by atoms with Crippen LogP contribution in [0.3, 0.4) is 0 Å². The van der Waals surface area contributed by atoms with Crippen LogP contribution >= 0.6 is 56.7 Å². The van der Waals surface area contributed by atoms with E-state index in [0.29, 0.717) is 0 Å². The quantitative estimate of drug-likeness (QED) is 0.182. The molecule has 176 valence electrons. The third-order valence-electron chi connectivity index (χ3n) is 5.27. The Balaban J connectivity index is 1.08. The summed E-state index contributed by atoms with van der Waals surface area (Å²) in [7, 11) is 0. The average Bonchev–Trinajstić information content (AvgIpc) is 3.71. The van der Waals surface area contributed by atoms with Crippen LogP contribution in [-0.4, -0.2) is 0 Å². The molecule has 0 spiro atoms. The minimum atomic E-state index is 0.885. The van der Waals surface area contributed by atoms with E-state index in [1.807, 2.05) is 0 Å². The zero-order valence-corrected chi connectivity index (χ0v) is 23.1. The second-order valence-electron chi connectivity index (χ2n) is 7.87. The molecule has 0 aromatic carbocycles. The molecule has 0 aliphatic carbocycles. The molecule has 0 saturated heterocycles. The van der Waals surface area contributed by atoms with Gasteiger partial charge in [-0.25, -0.2) is 0 Å².